The molecule has 2 rings (SSSR count). The molecule has 5 nitrogen and oxygen atoms in total. The van der Waals surface area contributed by atoms with Crippen LogP contribution < -0.4 is 5.32 Å². The van der Waals surface area contributed by atoms with E-state index in [0.717, 1.165) is 18.5 Å². The molecule has 0 bridgehead atoms. The molecule has 2 atom stereocenters. The van der Waals surface area contributed by atoms with E-state index >= 15 is 0 Å². The Labute approximate surface area is 120 Å². The second-order valence-corrected chi connectivity index (χ2v) is 5.85. The summed E-state index contributed by atoms with van der Waals surface area (Å²) in [6.45, 7) is 4.13. The summed E-state index contributed by atoms with van der Waals surface area (Å²) in [5, 5.41) is 14.1. The highest BCUT2D eigenvalue weighted by molar-refractivity contribution is 9.10. The monoisotopic (exact) mass is 328 g/mol. The Morgan fingerprint density at radius 2 is 2.00 bits per heavy atom. The van der Waals surface area contributed by atoms with E-state index in [1.165, 1.54) is 12.1 Å². The molecule has 1 aliphatic rings. The highest BCUT2D eigenvalue weighted by atomic mass is 79.9. The molecule has 0 radical (unpaired) electrons. The van der Waals surface area contributed by atoms with E-state index in [4.69, 9.17) is 4.74 Å². The summed E-state index contributed by atoms with van der Waals surface area (Å²) in [6.07, 6.45) is 2.35. The topological polar surface area (TPSA) is 64.4 Å². The van der Waals surface area contributed by atoms with E-state index in [-0.39, 0.29) is 17.9 Å². The molecule has 0 spiro atoms. The van der Waals surface area contributed by atoms with Crippen molar-refractivity contribution < 1.29 is 9.66 Å². The number of halogens is 1. The Kier molecular flexibility index (Phi) is 4.42. The summed E-state index contributed by atoms with van der Waals surface area (Å²) in [5.74, 6) is 0. The maximum Gasteiger partial charge on any atom is 0.270 e. The van der Waals surface area contributed by atoms with E-state index in [0.29, 0.717) is 10.5 Å². The number of non-ortho nitro benzene ring substituents is 1. The van der Waals surface area contributed by atoms with E-state index in [2.05, 4.69) is 35.1 Å². The van der Waals surface area contributed by atoms with E-state index in [1.54, 1.807) is 6.07 Å². The average Bonchev–Trinajstić information content (AvgIpc) is 2.30. The summed E-state index contributed by atoms with van der Waals surface area (Å²) in [5.41, 5.74) is 0.975. The van der Waals surface area contributed by atoms with Gasteiger partial charge in [0.2, 0.25) is 0 Å². The van der Waals surface area contributed by atoms with Crippen molar-refractivity contribution in [1.82, 2.24) is 0 Å². The molecular weight excluding hydrogens is 312 g/mol. The lowest BCUT2D eigenvalue weighted by atomic mass is 9.99. The van der Waals surface area contributed by atoms with Crippen molar-refractivity contribution in [2.75, 3.05) is 5.32 Å². The molecule has 0 aliphatic carbocycles. The zero-order valence-corrected chi connectivity index (χ0v) is 12.5. The third-order valence-electron chi connectivity index (χ3n) is 3.22. The summed E-state index contributed by atoms with van der Waals surface area (Å²) >= 11 is 3.37. The number of hydrogen-bond donors (Lipinski definition) is 1. The number of benzene rings is 1. The van der Waals surface area contributed by atoms with Crippen molar-refractivity contribution in [1.29, 1.82) is 0 Å². The van der Waals surface area contributed by atoms with Crippen molar-refractivity contribution in [3.63, 3.8) is 0 Å². The fourth-order valence-corrected chi connectivity index (χ4v) is 2.96. The van der Waals surface area contributed by atoms with Gasteiger partial charge in [0.15, 0.2) is 0 Å². The molecule has 1 fully saturated rings. The van der Waals surface area contributed by atoms with Gasteiger partial charge in [-0.15, -0.1) is 0 Å². The third-order valence-corrected chi connectivity index (χ3v) is 3.88. The first kappa shape index (κ1) is 14.3. The molecule has 0 amide bonds. The standard InChI is InChI=1S/C13H17BrN2O3/c1-8-5-10(6-9(2)19-8)15-13-4-3-11(16(17)18)7-12(13)14/h3-4,7-10,15H,5-6H2,1-2H3. The molecule has 6 heteroatoms. The van der Waals surface area contributed by atoms with Gasteiger partial charge in [-0.2, -0.15) is 0 Å². The maximum atomic E-state index is 10.7. The van der Waals surface area contributed by atoms with Crippen LogP contribution in [0, 0.1) is 10.1 Å². The quantitative estimate of drug-likeness (QED) is 0.678. The maximum absolute atomic E-state index is 10.7. The summed E-state index contributed by atoms with van der Waals surface area (Å²) in [4.78, 5) is 10.3. The zero-order chi connectivity index (χ0) is 14.0. The second-order valence-electron chi connectivity index (χ2n) is 4.99. The first-order valence-electron chi connectivity index (χ1n) is 6.31. The number of nitro benzene ring substituents is 1. The molecule has 104 valence electrons. The number of hydrogen-bond acceptors (Lipinski definition) is 4. The second kappa shape index (κ2) is 5.88. The number of rotatable bonds is 3. The van der Waals surface area contributed by atoms with Crippen molar-refractivity contribution in [3.8, 4) is 0 Å². The summed E-state index contributed by atoms with van der Waals surface area (Å²) in [7, 11) is 0. The van der Waals surface area contributed by atoms with Crippen LogP contribution in [-0.4, -0.2) is 23.2 Å². The number of anilines is 1. The van der Waals surface area contributed by atoms with Crippen LogP contribution >= 0.6 is 15.9 Å². The molecule has 1 N–H and O–H groups in total. The van der Waals surface area contributed by atoms with Gasteiger partial charge in [-0.05, 0) is 48.7 Å². The van der Waals surface area contributed by atoms with Gasteiger partial charge >= 0.3 is 0 Å². The predicted molar refractivity (Wildman–Crippen MR) is 77.5 cm³/mol. The molecule has 19 heavy (non-hydrogen) atoms. The van der Waals surface area contributed by atoms with Crippen molar-refractivity contribution in [3.05, 3.63) is 32.8 Å². The van der Waals surface area contributed by atoms with Crippen molar-refractivity contribution in [2.45, 2.75) is 44.9 Å². The van der Waals surface area contributed by atoms with Gasteiger partial charge in [-0.3, -0.25) is 10.1 Å². The largest absolute Gasteiger partial charge is 0.381 e. The lowest BCUT2D eigenvalue weighted by Crippen LogP contribution is -2.36. The molecule has 1 aromatic rings. The number of ether oxygens (including phenoxy) is 1. The predicted octanol–water partition coefficient (Wildman–Crippen LogP) is 3.73. The highest BCUT2D eigenvalue weighted by Gasteiger charge is 2.24. The highest BCUT2D eigenvalue weighted by Crippen LogP contribution is 2.30. The Bertz CT molecular complexity index is 471. The van der Waals surface area contributed by atoms with Crippen molar-refractivity contribution >= 4 is 27.3 Å². The third kappa shape index (κ3) is 3.67. The Hall–Kier alpha value is -1.14. The SMILES string of the molecule is CC1CC(Nc2ccc([N+](=O)[O-])cc2Br)CC(C)O1. The molecule has 0 saturated carbocycles. The first-order valence-corrected chi connectivity index (χ1v) is 7.11. The minimum absolute atomic E-state index is 0.0890. The lowest BCUT2D eigenvalue weighted by Gasteiger charge is -2.33. The molecule has 2 unspecified atom stereocenters. The minimum Gasteiger partial charge on any atom is -0.381 e. The van der Waals surface area contributed by atoms with Crippen LogP contribution in [0.25, 0.3) is 0 Å². The van der Waals surface area contributed by atoms with Gasteiger partial charge < -0.3 is 10.1 Å². The van der Waals surface area contributed by atoms with Gasteiger partial charge in [0.05, 0.1) is 17.1 Å². The van der Waals surface area contributed by atoms with E-state index < -0.39 is 4.92 Å². The molecule has 1 aromatic carbocycles. The number of nitro groups is 1. The van der Waals surface area contributed by atoms with Gasteiger partial charge in [0.25, 0.3) is 5.69 Å². The smallest absolute Gasteiger partial charge is 0.270 e. The molecule has 1 heterocycles. The first-order chi connectivity index (χ1) is 8.95. The summed E-state index contributed by atoms with van der Waals surface area (Å²) in [6, 6.07) is 5.11. The van der Waals surface area contributed by atoms with Gasteiger partial charge in [0, 0.05) is 28.3 Å². The molecular formula is C13H17BrN2O3. The molecule has 0 aromatic heterocycles. The van der Waals surface area contributed by atoms with Gasteiger partial charge in [0.1, 0.15) is 0 Å². The van der Waals surface area contributed by atoms with Crippen molar-refractivity contribution in [2.24, 2.45) is 0 Å². The van der Waals surface area contributed by atoms with Crippen LogP contribution in [0.15, 0.2) is 22.7 Å². The fourth-order valence-electron chi connectivity index (χ4n) is 2.48. The minimum atomic E-state index is -0.396. The Morgan fingerprint density at radius 1 is 1.37 bits per heavy atom. The van der Waals surface area contributed by atoms with E-state index in [9.17, 15) is 10.1 Å². The zero-order valence-electron chi connectivity index (χ0n) is 10.9. The number of nitrogens with one attached hydrogen (secondary N) is 1. The number of nitrogens with zero attached hydrogens (tertiary/aromatic N) is 1. The van der Waals surface area contributed by atoms with Crippen LogP contribution in [0.5, 0.6) is 0 Å². The van der Waals surface area contributed by atoms with Crippen LogP contribution in [0.1, 0.15) is 26.7 Å². The molecule has 1 saturated heterocycles. The normalized spacial score (nSPS) is 27.0. The summed E-state index contributed by atoms with van der Waals surface area (Å²) < 4.78 is 6.41. The van der Waals surface area contributed by atoms with Crippen LogP contribution in [0.3, 0.4) is 0 Å². The van der Waals surface area contributed by atoms with Crippen LogP contribution in [0.4, 0.5) is 11.4 Å². The average molecular weight is 329 g/mol. The van der Waals surface area contributed by atoms with Crippen LogP contribution in [-0.2, 0) is 4.74 Å². The van der Waals surface area contributed by atoms with Gasteiger partial charge in [-0.1, -0.05) is 0 Å². The van der Waals surface area contributed by atoms with Crippen LogP contribution in [0.2, 0.25) is 0 Å². The Balaban J connectivity index is 2.08. The molecule has 1 aliphatic heterocycles. The fraction of sp³-hybridized carbons (Fsp3) is 0.538. The van der Waals surface area contributed by atoms with Gasteiger partial charge in [-0.25, -0.2) is 0 Å². The van der Waals surface area contributed by atoms with E-state index in [1.807, 2.05) is 0 Å². The lowest BCUT2D eigenvalue weighted by molar-refractivity contribution is -0.384. The Morgan fingerprint density at radius 3 is 2.53 bits per heavy atom.